The van der Waals surface area contributed by atoms with E-state index < -0.39 is 0 Å². The smallest absolute Gasteiger partial charge is 0.251 e. The second kappa shape index (κ2) is 9.18. The van der Waals surface area contributed by atoms with Crippen LogP contribution < -0.4 is 10.6 Å². The Labute approximate surface area is 171 Å². The summed E-state index contributed by atoms with van der Waals surface area (Å²) < 4.78 is 12.9. The monoisotopic (exact) mass is 397 g/mol. The summed E-state index contributed by atoms with van der Waals surface area (Å²) in [6, 6.07) is 13.8. The molecule has 2 amide bonds. The van der Waals surface area contributed by atoms with Gasteiger partial charge < -0.3 is 10.6 Å². The van der Waals surface area contributed by atoms with Gasteiger partial charge in [0.15, 0.2) is 0 Å². The molecule has 2 N–H and O–H groups in total. The van der Waals surface area contributed by atoms with Crippen molar-refractivity contribution in [3.05, 3.63) is 71.0 Å². The van der Waals surface area contributed by atoms with E-state index in [4.69, 9.17) is 0 Å². The van der Waals surface area contributed by atoms with E-state index in [2.05, 4.69) is 53.6 Å². The van der Waals surface area contributed by atoms with Crippen molar-refractivity contribution in [2.24, 2.45) is 0 Å². The van der Waals surface area contributed by atoms with Crippen LogP contribution in [0.5, 0.6) is 0 Å². The molecule has 2 aromatic carbocycles. The number of hydrogen-bond donors (Lipinski definition) is 2. The topological polar surface area (TPSA) is 61.4 Å². The number of nitrogens with one attached hydrogen (secondary N) is 2. The zero-order chi connectivity index (χ0) is 20.9. The van der Waals surface area contributed by atoms with E-state index in [1.165, 1.54) is 35.4 Å². The molecule has 1 heterocycles. The fraction of sp³-hybridized carbons (Fsp3) is 0.391. The molecule has 1 aliphatic rings. The van der Waals surface area contributed by atoms with Gasteiger partial charge in [0.25, 0.3) is 5.91 Å². The van der Waals surface area contributed by atoms with Crippen molar-refractivity contribution in [1.82, 2.24) is 15.5 Å². The highest BCUT2D eigenvalue weighted by atomic mass is 19.1. The summed E-state index contributed by atoms with van der Waals surface area (Å²) in [6.45, 7) is 6.90. The first-order chi connectivity index (χ1) is 13.8. The maximum absolute atomic E-state index is 12.9. The molecule has 0 unspecified atom stereocenters. The maximum atomic E-state index is 12.9. The Morgan fingerprint density at radius 3 is 2.45 bits per heavy atom. The van der Waals surface area contributed by atoms with Crippen molar-refractivity contribution in [2.75, 3.05) is 19.6 Å². The fourth-order valence-corrected chi connectivity index (χ4v) is 3.52. The summed E-state index contributed by atoms with van der Waals surface area (Å²) >= 11 is 0. The summed E-state index contributed by atoms with van der Waals surface area (Å²) in [5.41, 5.74) is 2.96. The van der Waals surface area contributed by atoms with E-state index in [1.54, 1.807) is 0 Å². The third-order valence-electron chi connectivity index (χ3n) is 5.45. The first-order valence-corrected chi connectivity index (χ1v) is 9.97. The zero-order valence-electron chi connectivity index (χ0n) is 17.0. The molecule has 0 aliphatic carbocycles. The molecular weight excluding hydrogens is 369 g/mol. The van der Waals surface area contributed by atoms with Crippen LogP contribution in [-0.2, 0) is 17.8 Å². The molecule has 3 rings (SSSR count). The molecule has 0 aromatic heterocycles. The van der Waals surface area contributed by atoms with Crippen LogP contribution in [0.4, 0.5) is 4.39 Å². The average Bonchev–Trinajstić information content (AvgIpc) is 2.72. The highest BCUT2D eigenvalue weighted by Gasteiger charge is 2.29. The van der Waals surface area contributed by atoms with Crippen LogP contribution in [0.1, 0.15) is 41.8 Å². The molecule has 29 heavy (non-hydrogen) atoms. The van der Waals surface area contributed by atoms with Crippen LogP contribution in [0.3, 0.4) is 0 Å². The van der Waals surface area contributed by atoms with Gasteiger partial charge in [0, 0.05) is 43.7 Å². The number of nitrogens with zero attached hydrogens (tertiary/aromatic N) is 1. The Morgan fingerprint density at radius 1 is 1.03 bits per heavy atom. The number of benzene rings is 2. The lowest BCUT2D eigenvalue weighted by Crippen LogP contribution is -2.53. The van der Waals surface area contributed by atoms with E-state index in [9.17, 15) is 14.0 Å². The minimum atomic E-state index is -0.388. The maximum Gasteiger partial charge on any atom is 0.251 e. The summed E-state index contributed by atoms with van der Waals surface area (Å²) in [7, 11) is 0. The van der Waals surface area contributed by atoms with Gasteiger partial charge in [-0.05, 0) is 55.7 Å². The number of amides is 2. The van der Waals surface area contributed by atoms with Crippen molar-refractivity contribution in [3.63, 3.8) is 0 Å². The van der Waals surface area contributed by atoms with Gasteiger partial charge in [-0.3, -0.25) is 14.5 Å². The third-order valence-corrected chi connectivity index (χ3v) is 5.45. The van der Waals surface area contributed by atoms with Crippen molar-refractivity contribution in [3.8, 4) is 0 Å². The molecule has 0 spiro atoms. The lowest BCUT2D eigenvalue weighted by molar-refractivity contribution is -0.121. The normalized spacial score (nSPS) is 14.2. The van der Waals surface area contributed by atoms with Gasteiger partial charge in [0.1, 0.15) is 5.82 Å². The second-order valence-corrected chi connectivity index (χ2v) is 8.04. The fourth-order valence-electron chi connectivity index (χ4n) is 3.52. The van der Waals surface area contributed by atoms with Gasteiger partial charge in [-0.2, -0.15) is 0 Å². The molecule has 0 atom stereocenters. The van der Waals surface area contributed by atoms with E-state index in [0.717, 1.165) is 19.5 Å². The Hall–Kier alpha value is -2.73. The summed E-state index contributed by atoms with van der Waals surface area (Å²) in [5, 5.41) is 5.67. The Balaban J connectivity index is 1.41. The molecule has 154 valence electrons. The highest BCUT2D eigenvalue weighted by molar-refractivity contribution is 5.94. The molecule has 2 aromatic rings. The number of carbonyl (C=O) groups excluding carboxylic acids is 2. The molecule has 1 aliphatic heterocycles. The predicted octanol–water partition coefficient (Wildman–Crippen LogP) is 2.90. The quantitative estimate of drug-likeness (QED) is 0.755. The summed E-state index contributed by atoms with van der Waals surface area (Å²) in [4.78, 5) is 26.6. The van der Waals surface area contributed by atoms with E-state index in [0.29, 0.717) is 12.1 Å². The zero-order valence-corrected chi connectivity index (χ0v) is 17.0. The minimum absolute atomic E-state index is 0.102. The number of hydrogen-bond acceptors (Lipinski definition) is 3. The number of rotatable bonds is 7. The average molecular weight is 397 g/mol. The van der Waals surface area contributed by atoms with Gasteiger partial charge in [-0.25, -0.2) is 4.39 Å². The molecule has 5 nitrogen and oxygen atoms in total. The van der Waals surface area contributed by atoms with Crippen LogP contribution in [0.15, 0.2) is 48.5 Å². The lowest BCUT2D eigenvalue weighted by Gasteiger charge is -2.41. The largest absolute Gasteiger partial charge is 0.354 e. The third kappa shape index (κ3) is 5.64. The van der Waals surface area contributed by atoms with Crippen molar-refractivity contribution >= 4 is 11.8 Å². The van der Waals surface area contributed by atoms with Crippen LogP contribution in [0.2, 0.25) is 0 Å². The Bertz CT molecular complexity index is 865. The van der Waals surface area contributed by atoms with Crippen LogP contribution in [0.25, 0.3) is 0 Å². The van der Waals surface area contributed by atoms with E-state index >= 15 is 0 Å². The number of carbonyl (C=O) groups is 2. The van der Waals surface area contributed by atoms with Crippen LogP contribution >= 0.6 is 0 Å². The van der Waals surface area contributed by atoms with Gasteiger partial charge >= 0.3 is 0 Å². The Kier molecular flexibility index (Phi) is 6.64. The van der Waals surface area contributed by atoms with Crippen LogP contribution in [-0.4, -0.2) is 41.9 Å². The van der Waals surface area contributed by atoms with Crippen LogP contribution in [0, 0.1) is 5.82 Å². The molecule has 0 bridgehead atoms. The van der Waals surface area contributed by atoms with Crippen molar-refractivity contribution < 1.29 is 14.0 Å². The Morgan fingerprint density at radius 2 is 1.72 bits per heavy atom. The van der Waals surface area contributed by atoms with Gasteiger partial charge in [0.2, 0.25) is 5.91 Å². The molecule has 0 saturated heterocycles. The first-order valence-electron chi connectivity index (χ1n) is 9.97. The van der Waals surface area contributed by atoms with E-state index in [-0.39, 0.29) is 36.1 Å². The number of halogens is 1. The second-order valence-electron chi connectivity index (χ2n) is 8.04. The molecule has 6 heteroatoms. The lowest BCUT2D eigenvalue weighted by atomic mass is 9.94. The molecule has 0 saturated carbocycles. The van der Waals surface area contributed by atoms with E-state index in [1.807, 2.05) is 0 Å². The predicted molar refractivity (Wildman–Crippen MR) is 111 cm³/mol. The summed E-state index contributed by atoms with van der Waals surface area (Å²) in [5.74, 6) is -0.805. The van der Waals surface area contributed by atoms with Gasteiger partial charge in [0.05, 0.1) is 0 Å². The van der Waals surface area contributed by atoms with Gasteiger partial charge in [-0.15, -0.1) is 0 Å². The minimum Gasteiger partial charge on any atom is -0.354 e. The van der Waals surface area contributed by atoms with Crippen molar-refractivity contribution in [1.29, 1.82) is 0 Å². The standard InChI is InChI=1S/C23H28FN3O2/c1-23(2,27-14-12-17-5-3-4-6-19(17)15-27)16-26-21(28)11-13-25-22(29)18-7-9-20(24)10-8-18/h3-10H,11-16H2,1-2H3,(H,25,29)(H,26,28). The molecule has 0 fully saturated rings. The number of fused-ring (bicyclic) bond motifs is 1. The van der Waals surface area contributed by atoms with Crippen molar-refractivity contribution in [2.45, 2.75) is 38.8 Å². The highest BCUT2D eigenvalue weighted by Crippen LogP contribution is 2.24. The molecular formula is C23H28FN3O2. The summed E-state index contributed by atoms with van der Waals surface area (Å²) in [6.07, 6.45) is 1.22. The first kappa shape index (κ1) is 21.0. The SMILES string of the molecule is CC(C)(CNC(=O)CCNC(=O)c1ccc(F)cc1)N1CCc2ccccc2C1. The van der Waals surface area contributed by atoms with Gasteiger partial charge in [-0.1, -0.05) is 24.3 Å². The molecule has 0 radical (unpaired) electrons.